The van der Waals surface area contributed by atoms with Gasteiger partial charge in [-0.2, -0.15) is 0 Å². The fraction of sp³-hybridized carbons (Fsp3) is 0.167. The predicted octanol–water partition coefficient (Wildman–Crippen LogP) is 4.42. The monoisotopic (exact) mass is 417 g/mol. The Morgan fingerprint density at radius 1 is 1.12 bits per heavy atom. The molecule has 3 aromatic rings. The van der Waals surface area contributed by atoms with Crippen LogP contribution in [0.15, 0.2) is 68.7 Å². The summed E-state index contributed by atoms with van der Waals surface area (Å²) in [4.78, 5) is 14.1. The average molecular weight is 418 g/mol. The molecular formula is C18H16BrN3O2S. The minimum Gasteiger partial charge on any atom is -0.411 e. The third-order valence-electron chi connectivity index (χ3n) is 3.46. The van der Waals surface area contributed by atoms with Crippen molar-refractivity contribution in [2.24, 2.45) is 0 Å². The van der Waals surface area contributed by atoms with Gasteiger partial charge in [0.15, 0.2) is 0 Å². The number of carbonyl (C=O) groups excluding carboxylic acids is 1. The highest BCUT2D eigenvalue weighted by Crippen LogP contribution is 2.36. The molecule has 1 aromatic heterocycles. The lowest BCUT2D eigenvalue weighted by atomic mass is 10.1. The van der Waals surface area contributed by atoms with E-state index in [1.165, 1.54) is 11.8 Å². The molecule has 1 atom stereocenters. The number of hydrogen-bond acceptors (Lipinski definition) is 5. The first-order valence-electron chi connectivity index (χ1n) is 7.57. The summed E-state index contributed by atoms with van der Waals surface area (Å²) < 4.78 is 6.69. The third kappa shape index (κ3) is 4.29. The smallest absolute Gasteiger partial charge is 0.277 e. The lowest BCUT2D eigenvalue weighted by molar-refractivity contribution is -0.128. The zero-order valence-electron chi connectivity index (χ0n) is 13.7. The quantitative estimate of drug-likeness (QED) is 0.574. The normalized spacial score (nSPS) is 12.0. The molecule has 1 unspecified atom stereocenters. The van der Waals surface area contributed by atoms with Crippen LogP contribution in [-0.4, -0.2) is 35.1 Å². The molecule has 128 valence electrons. The van der Waals surface area contributed by atoms with Crippen LogP contribution in [-0.2, 0) is 4.79 Å². The summed E-state index contributed by atoms with van der Waals surface area (Å²) in [7, 11) is 3.47. The number of amides is 1. The molecule has 0 aliphatic heterocycles. The van der Waals surface area contributed by atoms with Gasteiger partial charge in [0, 0.05) is 24.1 Å². The van der Waals surface area contributed by atoms with Crippen molar-refractivity contribution in [2.45, 2.75) is 10.5 Å². The summed E-state index contributed by atoms with van der Waals surface area (Å²) in [6.07, 6.45) is 0. The van der Waals surface area contributed by atoms with E-state index in [1.54, 1.807) is 19.0 Å². The number of likely N-dealkylation sites (N-methyl/N-ethyl adjacent to an activating group) is 1. The molecular weight excluding hydrogens is 402 g/mol. The Morgan fingerprint density at radius 3 is 2.56 bits per heavy atom. The molecule has 1 amide bonds. The number of hydrogen-bond donors (Lipinski definition) is 0. The van der Waals surface area contributed by atoms with Gasteiger partial charge < -0.3 is 9.32 Å². The average Bonchev–Trinajstić information content (AvgIpc) is 3.08. The molecule has 3 rings (SSSR count). The molecule has 0 radical (unpaired) electrons. The van der Waals surface area contributed by atoms with E-state index in [2.05, 4.69) is 26.1 Å². The van der Waals surface area contributed by atoms with Gasteiger partial charge in [0.25, 0.3) is 5.22 Å². The van der Waals surface area contributed by atoms with Crippen LogP contribution in [0.3, 0.4) is 0 Å². The predicted molar refractivity (Wildman–Crippen MR) is 101 cm³/mol. The van der Waals surface area contributed by atoms with E-state index in [0.717, 1.165) is 15.6 Å². The molecule has 5 nitrogen and oxygen atoms in total. The van der Waals surface area contributed by atoms with Crippen molar-refractivity contribution in [1.29, 1.82) is 0 Å². The van der Waals surface area contributed by atoms with Gasteiger partial charge in [0.2, 0.25) is 11.8 Å². The standard InChI is InChI=1S/C18H16BrN3O2S/c1-22(2)17(23)15(12-7-4-3-5-8-12)25-18-21-20-16(24-18)13-9-6-10-14(19)11-13/h3-11,15H,1-2H3. The minimum atomic E-state index is -0.438. The molecule has 0 fully saturated rings. The van der Waals surface area contributed by atoms with Crippen LogP contribution in [0.4, 0.5) is 0 Å². The van der Waals surface area contributed by atoms with Crippen molar-refractivity contribution in [3.63, 3.8) is 0 Å². The van der Waals surface area contributed by atoms with E-state index >= 15 is 0 Å². The molecule has 25 heavy (non-hydrogen) atoms. The summed E-state index contributed by atoms with van der Waals surface area (Å²) in [6, 6.07) is 17.2. The Kier molecular flexibility index (Phi) is 5.55. The van der Waals surface area contributed by atoms with Crippen LogP contribution in [0.25, 0.3) is 11.5 Å². The number of thioether (sulfide) groups is 1. The molecule has 0 saturated heterocycles. The summed E-state index contributed by atoms with van der Waals surface area (Å²) in [5.41, 5.74) is 1.72. The van der Waals surface area contributed by atoms with Gasteiger partial charge in [-0.05, 0) is 35.5 Å². The fourth-order valence-electron chi connectivity index (χ4n) is 2.22. The fourth-order valence-corrected chi connectivity index (χ4v) is 3.64. The summed E-state index contributed by atoms with van der Waals surface area (Å²) >= 11 is 4.68. The van der Waals surface area contributed by atoms with Gasteiger partial charge >= 0.3 is 0 Å². The van der Waals surface area contributed by atoms with E-state index < -0.39 is 5.25 Å². The Morgan fingerprint density at radius 2 is 1.88 bits per heavy atom. The highest BCUT2D eigenvalue weighted by atomic mass is 79.9. The largest absolute Gasteiger partial charge is 0.411 e. The van der Waals surface area contributed by atoms with Crippen LogP contribution in [0.2, 0.25) is 0 Å². The van der Waals surface area contributed by atoms with Crippen LogP contribution in [0.5, 0.6) is 0 Å². The van der Waals surface area contributed by atoms with Crippen LogP contribution >= 0.6 is 27.7 Å². The van der Waals surface area contributed by atoms with Gasteiger partial charge in [-0.1, -0.05) is 52.3 Å². The zero-order chi connectivity index (χ0) is 17.8. The van der Waals surface area contributed by atoms with Crippen molar-refractivity contribution in [1.82, 2.24) is 15.1 Å². The SMILES string of the molecule is CN(C)C(=O)C(Sc1nnc(-c2cccc(Br)c2)o1)c1ccccc1. The molecule has 0 spiro atoms. The van der Waals surface area contributed by atoms with Crippen LogP contribution in [0, 0.1) is 0 Å². The minimum absolute atomic E-state index is 0.0293. The lowest BCUT2D eigenvalue weighted by Crippen LogP contribution is -2.26. The molecule has 1 heterocycles. The first-order valence-corrected chi connectivity index (χ1v) is 9.24. The van der Waals surface area contributed by atoms with Gasteiger partial charge in [-0.25, -0.2) is 0 Å². The van der Waals surface area contributed by atoms with Crippen molar-refractivity contribution in [3.05, 3.63) is 64.6 Å². The summed E-state index contributed by atoms with van der Waals surface area (Å²) in [6.45, 7) is 0. The number of carbonyl (C=O) groups is 1. The zero-order valence-corrected chi connectivity index (χ0v) is 16.1. The first kappa shape index (κ1) is 17.7. The Balaban J connectivity index is 1.87. The highest BCUT2D eigenvalue weighted by Gasteiger charge is 2.26. The van der Waals surface area contributed by atoms with Gasteiger partial charge in [-0.15, -0.1) is 10.2 Å². The molecule has 2 aromatic carbocycles. The van der Waals surface area contributed by atoms with Crippen molar-refractivity contribution in [2.75, 3.05) is 14.1 Å². The first-order chi connectivity index (χ1) is 12.0. The maximum atomic E-state index is 12.6. The topological polar surface area (TPSA) is 59.2 Å². The van der Waals surface area contributed by atoms with E-state index in [0.29, 0.717) is 11.1 Å². The second-order valence-corrected chi connectivity index (χ2v) is 7.50. The Bertz CT molecular complexity index is 868. The maximum absolute atomic E-state index is 12.6. The van der Waals surface area contributed by atoms with E-state index in [1.807, 2.05) is 54.6 Å². The summed E-state index contributed by atoms with van der Waals surface area (Å²) in [5, 5.41) is 8.11. The molecule has 0 saturated carbocycles. The molecule has 0 aliphatic carbocycles. The number of benzene rings is 2. The summed E-state index contributed by atoms with van der Waals surface area (Å²) in [5.74, 6) is 0.395. The van der Waals surface area contributed by atoms with Crippen molar-refractivity contribution < 1.29 is 9.21 Å². The third-order valence-corrected chi connectivity index (χ3v) is 5.03. The van der Waals surface area contributed by atoms with Gasteiger partial charge in [0.05, 0.1) is 0 Å². The molecule has 0 aliphatic rings. The maximum Gasteiger partial charge on any atom is 0.277 e. The van der Waals surface area contributed by atoms with Crippen molar-refractivity contribution >= 4 is 33.6 Å². The second-order valence-electron chi connectivity index (χ2n) is 5.52. The molecule has 7 heteroatoms. The van der Waals surface area contributed by atoms with E-state index in [9.17, 15) is 4.79 Å². The van der Waals surface area contributed by atoms with Crippen LogP contribution < -0.4 is 0 Å². The molecule has 0 bridgehead atoms. The number of halogens is 1. The van der Waals surface area contributed by atoms with Crippen molar-refractivity contribution in [3.8, 4) is 11.5 Å². The highest BCUT2D eigenvalue weighted by molar-refractivity contribution is 9.10. The van der Waals surface area contributed by atoms with Gasteiger partial charge in [0.1, 0.15) is 5.25 Å². The van der Waals surface area contributed by atoms with E-state index in [-0.39, 0.29) is 5.91 Å². The number of aromatic nitrogens is 2. The van der Waals surface area contributed by atoms with Crippen LogP contribution in [0.1, 0.15) is 10.8 Å². The van der Waals surface area contributed by atoms with Gasteiger partial charge in [-0.3, -0.25) is 4.79 Å². The molecule has 0 N–H and O–H groups in total. The number of rotatable bonds is 5. The second kappa shape index (κ2) is 7.84. The van der Waals surface area contributed by atoms with E-state index in [4.69, 9.17) is 4.42 Å². The Hall–Kier alpha value is -2.12. The lowest BCUT2D eigenvalue weighted by Gasteiger charge is -2.18. The number of nitrogens with zero attached hydrogens (tertiary/aromatic N) is 3. The Labute approximate surface area is 158 Å².